The van der Waals surface area contributed by atoms with Crippen LogP contribution < -0.4 is 5.32 Å². The highest BCUT2D eigenvalue weighted by Gasteiger charge is 2.31. The molecule has 1 aromatic heterocycles. The van der Waals surface area contributed by atoms with Crippen LogP contribution in [0.4, 0.5) is 5.69 Å². The van der Waals surface area contributed by atoms with E-state index in [1.807, 2.05) is 12.1 Å². The number of amides is 1. The van der Waals surface area contributed by atoms with E-state index >= 15 is 0 Å². The third-order valence-electron chi connectivity index (χ3n) is 7.64. The van der Waals surface area contributed by atoms with Crippen LogP contribution in [0.5, 0.6) is 0 Å². The highest BCUT2D eigenvalue weighted by atomic mass is 16.2. The molecule has 1 saturated heterocycles. The molecular formula is C27H35N5O. The minimum atomic E-state index is -0.331. The Labute approximate surface area is 197 Å². The number of allylic oxidation sites excluding steroid dienone is 2. The van der Waals surface area contributed by atoms with Gasteiger partial charge in [0.1, 0.15) is 11.8 Å². The predicted molar refractivity (Wildman–Crippen MR) is 132 cm³/mol. The number of hydrogen-bond acceptors (Lipinski definition) is 4. The molecule has 4 rings (SSSR count). The topological polar surface area (TPSA) is 84.8 Å². The summed E-state index contributed by atoms with van der Waals surface area (Å²) in [5, 5.41) is 12.1. The van der Waals surface area contributed by atoms with Crippen LogP contribution in [-0.4, -0.2) is 33.9 Å². The van der Waals surface area contributed by atoms with Crippen molar-refractivity contribution in [3.8, 4) is 6.07 Å². The van der Waals surface area contributed by atoms with Gasteiger partial charge in [-0.1, -0.05) is 25.0 Å². The Morgan fingerprint density at radius 3 is 2.70 bits per heavy atom. The van der Waals surface area contributed by atoms with Gasteiger partial charge in [0.25, 0.3) is 5.91 Å². The van der Waals surface area contributed by atoms with Crippen LogP contribution in [0, 0.1) is 17.2 Å². The van der Waals surface area contributed by atoms with Crippen molar-refractivity contribution in [1.82, 2.24) is 14.9 Å². The van der Waals surface area contributed by atoms with Gasteiger partial charge in [-0.25, -0.2) is 4.98 Å². The molecule has 2 aromatic rings. The zero-order valence-electron chi connectivity index (χ0n) is 20.3. The lowest BCUT2D eigenvalue weighted by Gasteiger charge is -2.42. The maximum atomic E-state index is 12.9. The molecule has 2 heterocycles. The van der Waals surface area contributed by atoms with Gasteiger partial charge in [-0.2, -0.15) is 5.26 Å². The Kier molecular flexibility index (Phi) is 6.71. The average Bonchev–Trinajstić information content (AvgIpc) is 3.31. The van der Waals surface area contributed by atoms with Gasteiger partial charge >= 0.3 is 0 Å². The number of nitriles is 1. The third kappa shape index (κ3) is 4.74. The Morgan fingerprint density at radius 1 is 1.24 bits per heavy atom. The fourth-order valence-electron chi connectivity index (χ4n) is 5.24. The van der Waals surface area contributed by atoms with E-state index in [0.717, 1.165) is 37.2 Å². The molecular weight excluding hydrogens is 410 g/mol. The number of rotatable bonds is 5. The van der Waals surface area contributed by atoms with Crippen LogP contribution in [0.25, 0.3) is 5.57 Å². The number of nitrogens with zero attached hydrogens (tertiary/aromatic N) is 3. The third-order valence-corrected chi connectivity index (χ3v) is 7.64. The minimum Gasteiger partial charge on any atom is -0.326 e. The SMILES string of the molecule is CC1=C(c2cc(C(C)(C)N3CCCCC3)ccc2NC(=O)c2ncc(C#N)[nH]2)CCCC1C. The van der Waals surface area contributed by atoms with Crippen molar-refractivity contribution >= 4 is 17.2 Å². The van der Waals surface area contributed by atoms with Gasteiger partial charge in [-0.15, -0.1) is 0 Å². The summed E-state index contributed by atoms with van der Waals surface area (Å²) in [6.07, 6.45) is 8.58. The van der Waals surface area contributed by atoms with E-state index in [4.69, 9.17) is 5.26 Å². The van der Waals surface area contributed by atoms with Crippen molar-refractivity contribution in [3.63, 3.8) is 0 Å². The fourth-order valence-corrected chi connectivity index (χ4v) is 5.24. The van der Waals surface area contributed by atoms with Crippen molar-refractivity contribution in [1.29, 1.82) is 5.26 Å². The highest BCUT2D eigenvalue weighted by Crippen LogP contribution is 2.41. The number of likely N-dealkylation sites (tertiary alicyclic amines) is 1. The first-order chi connectivity index (χ1) is 15.8. The largest absolute Gasteiger partial charge is 0.326 e. The summed E-state index contributed by atoms with van der Waals surface area (Å²) in [4.78, 5) is 22.3. The number of benzene rings is 1. The number of piperidine rings is 1. The zero-order chi connectivity index (χ0) is 23.6. The first-order valence-electron chi connectivity index (χ1n) is 12.2. The molecule has 2 aliphatic rings. The van der Waals surface area contributed by atoms with Crippen LogP contribution in [0.3, 0.4) is 0 Å². The van der Waals surface area contributed by atoms with Crippen molar-refractivity contribution < 1.29 is 4.79 Å². The van der Waals surface area contributed by atoms with E-state index in [1.165, 1.54) is 48.6 Å². The number of carbonyl (C=O) groups is 1. The number of anilines is 1. The molecule has 174 valence electrons. The van der Waals surface area contributed by atoms with Gasteiger partial charge in [-0.3, -0.25) is 9.69 Å². The molecule has 1 aliphatic heterocycles. The molecule has 0 radical (unpaired) electrons. The molecule has 1 atom stereocenters. The maximum Gasteiger partial charge on any atom is 0.291 e. The van der Waals surface area contributed by atoms with Gasteiger partial charge in [0.15, 0.2) is 5.82 Å². The van der Waals surface area contributed by atoms with Gasteiger partial charge < -0.3 is 10.3 Å². The summed E-state index contributed by atoms with van der Waals surface area (Å²) in [6, 6.07) is 8.48. The predicted octanol–water partition coefficient (Wildman–Crippen LogP) is 5.85. The Bertz CT molecular complexity index is 1100. The molecule has 2 N–H and O–H groups in total. The number of aromatic nitrogens is 2. The van der Waals surface area contributed by atoms with Gasteiger partial charge in [-0.05, 0) is 95.2 Å². The molecule has 6 nitrogen and oxygen atoms in total. The van der Waals surface area contributed by atoms with Crippen molar-refractivity contribution in [2.24, 2.45) is 5.92 Å². The maximum absolute atomic E-state index is 12.9. The first kappa shape index (κ1) is 23.3. The molecule has 0 spiro atoms. The van der Waals surface area contributed by atoms with Gasteiger partial charge in [0.05, 0.1) is 6.20 Å². The number of H-pyrrole nitrogens is 1. The van der Waals surface area contributed by atoms with E-state index in [1.54, 1.807) is 0 Å². The Morgan fingerprint density at radius 2 is 2.00 bits per heavy atom. The molecule has 0 saturated carbocycles. The minimum absolute atomic E-state index is 0.0742. The second-order valence-corrected chi connectivity index (χ2v) is 10.0. The van der Waals surface area contributed by atoms with Gasteiger partial charge in [0.2, 0.25) is 0 Å². The van der Waals surface area contributed by atoms with Gasteiger partial charge in [0, 0.05) is 16.8 Å². The number of aromatic amines is 1. The number of nitrogens with one attached hydrogen (secondary N) is 2. The van der Waals surface area contributed by atoms with Crippen molar-refractivity contribution in [3.05, 3.63) is 52.6 Å². The summed E-state index contributed by atoms with van der Waals surface area (Å²) in [5.41, 5.74) is 6.15. The lowest BCUT2D eigenvalue weighted by atomic mass is 9.80. The summed E-state index contributed by atoms with van der Waals surface area (Å²) in [5.74, 6) is 0.361. The van der Waals surface area contributed by atoms with E-state index in [-0.39, 0.29) is 23.0 Å². The first-order valence-corrected chi connectivity index (χ1v) is 12.2. The van der Waals surface area contributed by atoms with Crippen molar-refractivity contribution in [2.45, 2.75) is 71.8 Å². The molecule has 1 unspecified atom stereocenters. The molecule has 0 bridgehead atoms. The van der Waals surface area contributed by atoms with Crippen LogP contribution in [0.2, 0.25) is 0 Å². The smallest absolute Gasteiger partial charge is 0.291 e. The van der Waals surface area contributed by atoms with Crippen LogP contribution in [-0.2, 0) is 5.54 Å². The Hall–Kier alpha value is -2.91. The monoisotopic (exact) mass is 445 g/mol. The van der Waals surface area contributed by atoms with Crippen LogP contribution in [0.15, 0.2) is 30.0 Å². The quantitative estimate of drug-likeness (QED) is 0.605. The Balaban J connectivity index is 1.74. The lowest BCUT2D eigenvalue weighted by Crippen LogP contribution is -2.44. The van der Waals surface area contributed by atoms with Crippen molar-refractivity contribution in [2.75, 3.05) is 18.4 Å². The zero-order valence-corrected chi connectivity index (χ0v) is 20.3. The van der Waals surface area contributed by atoms with Crippen LogP contribution >= 0.6 is 0 Å². The van der Waals surface area contributed by atoms with Crippen LogP contribution in [0.1, 0.15) is 93.7 Å². The second kappa shape index (κ2) is 9.52. The van der Waals surface area contributed by atoms with E-state index in [0.29, 0.717) is 5.92 Å². The lowest BCUT2D eigenvalue weighted by molar-refractivity contribution is 0.0943. The summed E-state index contributed by atoms with van der Waals surface area (Å²) < 4.78 is 0. The molecule has 1 aliphatic carbocycles. The molecule has 1 aromatic carbocycles. The van der Waals surface area contributed by atoms with E-state index in [2.05, 4.69) is 60.0 Å². The second-order valence-electron chi connectivity index (χ2n) is 10.0. The number of imidazole rings is 1. The number of carbonyl (C=O) groups excluding carboxylic acids is 1. The summed E-state index contributed by atoms with van der Waals surface area (Å²) in [7, 11) is 0. The standard InChI is InChI=1S/C27H35N5O/c1-18-9-8-10-22(19(18)2)23-15-20(27(3,4)32-13-6-5-7-14-32)11-12-24(23)31-26(33)25-29-17-21(16-28)30-25/h11-12,15,17-18H,5-10,13-14H2,1-4H3,(H,29,30)(H,31,33). The molecule has 1 fully saturated rings. The van der Waals surface area contributed by atoms with E-state index < -0.39 is 0 Å². The summed E-state index contributed by atoms with van der Waals surface area (Å²) in [6.45, 7) is 11.4. The average molecular weight is 446 g/mol. The normalized spacial score (nSPS) is 19.9. The fraction of sp³-hybridized carbons (Fsp3) is 0.519. The molecule has 33 heavy (non-hydrogen) atoms. The summed E-state index contributed by atoms with van der Waals surface area (Å²) >= 11 is 0. The number of hydrogen-bond donors (Lipinski definition) is 2. The highest BCUT2D eigenvalue weighted by molar-refractivity contribution is 6.03. The molecule has 6 heteroatoms. The molecule has 1 amide bonds. The van der Waals surface area contributed by atoms with E-state index in [9.17, 15) is 4.79 Å².